The molecule has 31 heavy (non-hydrogen) atoms. The second kappa shape index (κ2) is 8.21. The van der Waals surface area contributed by atoms with Crippen molar-refractivity contribution in [3.05, 3.63) is 82.8 Å². The number of H-pyrrole nitrogens is 1. The van der Waals surface area contributed by atoms with Gasteiger partial charge in [-0.25, -0.2) is 4.68 Å². The second-order valence-electron chi connectivity index (χ2n) is 7.94. The Morgan fingerprint density at radius 3 is 2.48 bits per heavy atom. The number of nitrogens with zero attached hydrogens (tertiary/aromatic N) is 4. The molecule has 0 atom stereocenters. The maximum atomic E-state index is 12.9. The van der Waals surface area contributed by atoms with E-state index in [0.29, 0.717) is 23.9 Å². The Bertz CT molecular complexity index is 1190. The molecule has 1 aliphatic heterocycles. The zero-order valence-corrected chi connectivity index (χ0v) is 18.1. The van der Waals surface area contributed by atoms with Crippen LogP contribution in [0.4, 0.5) is 0 Å². The highest BCUT2D eigenvalue weighted by molar-refractivity contribution is 6.30. The summed E-state index contributed by atoms with van der Waals surface area (Å²) in [5.41, 5.74) is 4.57. The minimum atomic E-state index is 0.0574. The standard InChI is InChI=1S/C24H24ClN5O/c1-17-20(23(25)30(27-17)19-8-3-2-4-9-19)16-28-11-13-29(14-12-28)24(31)22-15-18-7-5-6-10-21(18)26-22/h2-10,15,26H,11-14,16H2,1H3. The largest absolute Gasteiger partial charge is 0.351 e. The molecule has 2 aromatic carbocycles. The van der Waals surface area contributed by atoms with Crippen molar-refractivity contribution in [2.75, 3.05) is 26.2 Å². The zero-order valence-electron chi connectivity index (χ0n) is 17.4. The maximum absolute atomic E-state index is 12.9. The molecule has 6 nitrogen and oxygen atoms in total. The van der Waals surface area contributed by atoms with Crippen LogP contribution in [-0.4, -0.2) is 56.7 Å². The number of halogens is 1. The lowest BCUT2D eigenvalue weighted by Gasteiger charge is -2.34. The van der Waals surface area contributed by atoms with Gasteiger partial charge in [0.15, 0.2) is 0 Å². The van der Waals surface area contributed by atoms with Gasteiger partial charge in [0, 0.05) is 49.2 Å². The first-order valence-electron chi connectivity index (χ1n) is 10.5. The SMILES string of the molecule is Cc1nn(-c2ccccc2)c(Cl)c1CN1CCN(C(=O)c2cc3ccccc3[nH]2)CC1. The highest BCUT2D eigenvalue weighted by atomic mass is 35.5. The third-order valence-corrected chi connectivity index (χ3v) is 6.31. The molecule has 1 aliphatic rings. The van der Waals surface area contributed by atoms with Crippen molar-refractivity contribution in [1.82, 2.24) is 24.6 Å². The molecule has 0 aliphatic carbocycles. The topological polar surface area (TPSA) is 57.2 Å². The van der Waals surface area contributed by atoms with Crippen molar-refractivity contribution in [3.63, 3.8) is 0 Å². The van der Waals surface area contributed by atoms with E-state index in [2.05, 4.69) is 15.0 Å². The summed E-state index contributed by atoms with van der Waals surface area (Å²) in [5, 5.41) is 6.35. The smallest absolute Gasteiger partial charge is 0.270 e. The molecule has 5 rings (SSSR count). The van der Waals surface area contributed by atoms with Crippen LogP contribution >= 0.6 is 11.6 Å². The first-order chi connectivity index (χ1) is 15.1. The van der Waals surface area contributed by atoms with E-state index in [4.69, 9.17) is 11.6 Å². The molecule has 0 unspecified atom stereocenters. The Morgan fingerprint density at radius 2 is 1.74 bits per heavy atom. The van der Waals surface area contributed by atoms with E-state index in [-0.39, 0.29) is 5.91 Å². The molecule has 0 saturated carbocycles. The third kappa shape index (κ3) is 3.84. The molecule has 0 bridgehead atoms. The predicted molar refractivity (Wildman–Crippen MR) is 123 cm³/mol. The molecular formula is C24H24ClN5O. The van der Waals surface area contributed by atoms with E-state index in [1.165, 1.54) is 0 Å². The fourth-order valence-corrected chi connectivity index (χ4v) is 4.47. The van der Waals surface area contributed by atoms with Gasteiger partial charge >= 0.3 is 0 Å². The molecule has 3 heterocycles. The molecule has 4 aromatic rings. The molecule has 1 fully saturated rings. The molecule has 0 radical (unpaired) electrons. The number of aromatic amines is 1. The van der Waals surface area contributed by atoms with Gasteiger partial charge in [-0.3, -0.25) is 9.69 Å². The number of fused-ring (bicyclic) bond motifs is 1. The number of para-hydroxylation sites is 2. The van der Waals surface area contributed by atoms with Crippen LogP contribution in [0.1, 0.15) is 21.7 Å². The van der Waals surface area contributed by atoms with E-state index < -0.39 is 0 Å². The lowest BCUT2D eigenvalue weighted by Crippen LogP contribution is -2.48. The summed E-state index contributed by atoms with van der Waals surface area (Å²) >= 11 is 6.69. The van der Waals surface area contributed by atoms with Crippen molar-refractivity contribution in [2.45, 2.75) is 13.5 Å². The maximum Gasteiger partial charge on any atom is 0.270 e. The number of aromatic nitrogens is 3. The monoisotopic (exact) mass is 433 g/mol. The van der Waals surface area contributed by atoms with Gasteiger partial charge in [0.2, 0.25) is 0 Å². The lowest BCUT2D eigenvalue weighted by molar-refractivity contribution is 0.0623. The van der Waals surface area contributed by atoms with Crippen LogP contribution < -0.4 is 0 Å². The zero-order chi connectivity index (χ0) is 21.4. The van der Waals surface area contributed by atoms with E-state index in [1.54, 1.807) is 4.68 Å². The van der Waals surface area contributed by atoms with E-state index >= 15 is 0 Å². The van der Waals surface area contributed by atoms with Gasteiger partial charge in [0.05, 0.1) is 11.4 Å². The van der Waals surface area contributed by atoms with Gasteiger partial charge in [-0.1, -0.05) is 48.0 Å². The fourth-order valence-electron chi connectivity index (χ4n) is 4.14. The summed E-state index contributed by atoms with van der Waals surface area (Å²) in [6, 6.07) is 19.8. The quantitative estimate of drug-likeness (QED) is 0.522. The number of hydrogen-bond acceptors (Lipinski definition) is 3. The Kier molecular flexibility index (Phi) is 5.26. The van der Waals surface area contributed by atoms with E-state index in [9.17, 15) is 4.79 Å². The van der Waals surface area contributed by atoms with Crippen LogP contribution in [0, 0.1) is 6.92 Å². The van der Waals surface area contributed by atoms with Crippen molar-refractivity contribution >= 4 is 28.4 Å². The molecule has 158 valence electrons. The fraction of sp³-hybridized carbons (Fsp3) is 0.250. The number of piperazine rings is 1. The Morgan fingerprint density at radius 1 is 1.03 bits per heavy atom. The van der Waals surface area contributed by atoms with Gasteiger partial charge < -0.3 is 9.88 Å². The summed E-state index contributed by atoms with van der Waals surface area (Å²) in [6.07, 6.45) is 0. The van der Waals surface area contributed by atoms with Gasteiger partial charge in [-0.15, -0.1) is 0 Å². The normalized spacial score (nSPS) is 15.0. The molecule has 1 saturated heterocycles. The van der Waals surface area contributed by atoms with E-state index in [1.807, 2.05) is 72.5 Å². The molecule has 1 N–H and O–H groups in total. The average Bonchev–Trinajstić information content (AvgIpc) is 3.36. The van der Waals surface area contributed by atoms with Gasteiger partial charge in [0.25, 0.3) is 5.91 Å². The molecule has 7 heteroatoms. The van der Waals surface area contributed by atoms with Crippen LogP contribution in [0.5, 0.6) is 0 Å². The first-order valence-corrected chi connectivity index (χ1v) is 10.9. The highest BCUT2D eigenvalue weighted by Crippen LogP contribution is 2.25. The number of hydrogen-bond donors (Lipinski definition) is 1. The van der Waals surface area contributed by atoms with Gasteiger partial charge in [-0.2, -0.15) is 5.10 Å². The van der Waals surface area contributed by atoms with Crippen molar-refractivity contribution < 1.29 is 4.79 Å². The Labute approximate surface area is 186 Å². The summed E-state index contributed by atoms with van der Waals surface area (Å²) < 4.78 is 1.79. The van der Waals surface area contributed by atoms with Crippen molar-refractivity contribution in [1.29, 1.82) is 0 Å². The lowest BCUT2D eigenvalue weighted by atomic mass is 10.2. The predicted octanol–water partition coefficient (Wildman–Crippen LogP) is 4.27. The van der Waals surface area contributed by atoms with Crippen LogP contribution in [-0.2, 0) is 6.54 Å². The number of carbonyl (C=O) groups excluding carboxylic acids is 1. The van der Waals surface area contributed by atoms with Gasteiger partial charge in [-0.05, 0) is 31.2 Å². The minimum Gasteiger partial charge on any atom is -0.351 e. The second-order valence-corrected chi connectivity index (χ2v) is 8.30. The van der Waals surface area contributed by atoms with Crippen LogP contribution in [0.3, 0.4) is 0 Å². The number of aryl methyl sites for hydroxylation is 1. The Hall–Kier alpha value is -3.09. The van der Waals surface area contributed by atoms with Crippen LogP contribution in [0.15, 0.2) is 60.7 Å². The number of rotatable bonds is 4. The number of carbonyl (C=O) groups is 1. The number of nitrogens with one attached hydrogen (secondary N) is 1. The summed E-state index contributed by atoms with van der Waals surface area (Å²) in [5.74, 6) is 0.0574. The van der Waals surface area contributed by atoms with Crippen LogP contribution in [0.2, 0.25) is 5.15 Å². The Balaban J connectivity index is 1.25. The average molecular weight is 434 g/mol. The number of benzene rings is 2. The summed E-state index contributed by atoms with van der Waals surface area (Å²) in [7, 11) is 0. The van der Waals surface area contributed by atoms with E-state index in [0.717, 1.165) is 47.5 Å². The van der Waals surface area contributed by atoms with Crippen molar-refractivity contribution in [2.24, 2.45) is 0 Å². The molecule has 0 spiro atoms. The number of amides is 1. The molecular weight excluding hydrogens is 410 g/mol. The van der Waals surface area contributed by atoms with Gasteiger partial charge in [0.1, 0.15) is 10.8 Å². The minimum absolute atomic E-state index is 0.0574. The van der Waals surface area contributed by atoms with Crippen LogP contribution in [0.25, 0.3) is 16.6 Å². The molecule has 2 aromatic heterocycles. The van der Waals surface area contributed by atoms with Crippen molar-refractivity contribution in [3.8, 4) is 5.69 Å². The third-order valence-electron chi connectivity index (χ3n) is 5.92. The highest BCUT2D eigenvalue weighted by Gasteiger charge is 2.25. The first kappa shape index (κ1) is 19.8. The molecule has 1 amide bonds. The summed E-state index contributed by atoms with van der Waals surface area (Å²) in [4.78, 5) is 20.4. The summed E-state index contributed by atoms with van der Waals surface area (Å²) in [6.45, 7) is 5.72.